The minimum absolute atomic E-state index is 0.0125. The average molecular weight is 307 g/mol. The molecule has 0 saturated carbocycles. The van der Waals surface area contributed by atoms with E-state index in [1.807, 2.05) is 0 Å². The number of carbonyl (C=O) groups excluding carboxylic acids is 1. The molecule has 0 saturated heterocycles. The highest BCUT2D eigenvalue weighted by molar-refractivity contribution is 7.89. The first kappa shape index (κ1) is 16.5. The second kappa shape index (κ2) is 5.81. The fraction of sp³-hybridized carbons (Fsp3) is 0.364. The zero-order chi connectivity index (χ0) is 15.6. The molecule has 0 aliphatic heterocycles. The molecule has 0 aliphatic carbocycles. The van der Waals surface area contributed by atoms with Gasteiger partial charge in [-0.25, -0.2) is 21.9 Å². The van der Waals surface area contributed by atoms with Crippen LogP contribution in [0.5, 0.6) is 0 Å². The highest BCUT2D eigenvalue weighted by Crippen LogP contribution is 2.16. The van der Waals surface area contributed by atoms with Gasteiger partial charge in [0.1, 0.15) is 0 Å². The number of hydrogen-bond acceptors (Lipinski definition) is 4. The lowest BCUT2D eigenvalue weighted by atomic mass is 10.1. The monoisotopic (exact) mass is 307 g/mol. The van der Waals surface area contributed by atoms with Crippen LogP contribution in [0, 0.1) is 6.92 Å². The van der Waals surface area contributed by atoms with Gasteiger partial charge in [0.2, 0.25) is 15.9 Å². The molecule has 0 atom stereocenters. The van der Waals surface area contributed by atoms with E-state index >= 15 is 0 Å². The lowest BCUT2D eigenvalue weighted by Crippen LogP contribution is -2.41. The maximum atomic E-state index is 12.9. The summed E-state index contributed by atoms with van der Waals surface area (Å²) in [5.74, 6) is -4.14. The fourth-order valence-corrected chi connectivity index (χ4v) is 2.48. The van der Waals surface area contributed by atoms with Crippen LogP contribution < -0.4 is 16.2 Å². The lowest BCUT2D eigenvalue weighted by molar-refractivity contribution is 0.0170. The molecule has 1 aromatic rings. The van der Waals surface area contributed by atoms with Crippen molar-refractivity contribution in [3.8, 4) is 0 Å². The standard InChI is InChI=1S/C11H15F2N3O3S/c1-7-2-3-8(4-9(7)10(15)17)20(18,19)16-6-11(12,13)5-14/h2-4,16H,5-6,14H2,1H3,(H2,15,17). The molecule has 0 spiro atoms. The summed E-state index contributed by atoms with van der Waals surface area (Å²) >= 11 is 0. The van der Waals surface area contributed by atoms with Gasteiger partial charge in [0, 0.05) is 5.56 Å². The van der Waals surface area contributed by atoms with Crippen LogP contribution in [0.1, 0.15) is 15.9 Å². The smallest absolute Gasteiger partial charge is 0.273 e. The maximum absolute atomic E-state index is 12.9. The molecule has 9 heteroatoms. The van der Waals surface area contributed by atoms with Gasteiger partial charge in [-0.2, -0.15) is 0 Å². The van der Waals surface area contributed by atoms with Crippen molar-refractivity contribution in [3.63, 3.8) is 0 Å². The first-order valence-electron chi connectivity index (χ1n) is 5.57. The Morgan fingerprint density at radius 3 is 2.50 bits per heavy atom. The van der Waals surface area contributed by atoms with E-state index in [0.29, 0.717) is 5.56 Å². The zero-order valence-electron chi connectivity index (χ0n) is 10.7. The van der Waals surface area contributed by atoms with Gasteiger partial charge >= 0.3 is 0 Å². The molecule has 0 fully saturated rings. The van der Waals surface area contributed by atoms with Gasteiger partial charge in [-0.3, -0.25) is 4.79 Å². The summed E-state index contributed by atoms with van der Waals surface area (Å²) in [6.45, 7) is -0.520. The van der Waals surface area contributed by atoms with Gasteiger partial charge < -0.3 is 11.5 Å². The number of carbonyl (C=O) groups is 1. The molecule has 0 aromatic heterocycles. The van der Waals surface area contributed by atoms with Gasteiger partial charge in [0.15, 0.2) is 0 Å². The second-order valence-electron chi connectivity index (χ2n) is 4.23. The van der Waals surface area contributed by atoms with E-state index in [0.717, 1.165) is 6.07 Å². The molecule has 1 aromatic carbocycles. The Balaban J connectivity index is 3.05. The third kappa shape index (κ3) is 3.95. The van der Waals surface area contributed by atoms with E-state index in [9.17, 15) is 22.0 Å². The molecule has 1 rings (SSSR count). The molecule has 5 N–H and O–H groups in total. The van der Waals surface area contributed by atoms with Crippen LogP contribution in [0.15, 0.2) is 23.1 Å². The maximum Gasteiger partial charge on any atom is 0.273 e. The third-order valence-corrected chi connectivity index (χ3v) is 4.00. The predicted molar refractivity (Wildman–Crippen MR) is 68.9 cm³/mol. The van der Waals surface area contributed by atoms with E-state index < -0.39 is 34.9 Å². The van der Waals surface area contributed by atoms with Crippen molar-refractivity contribution >= 4 is 15.9 Å². The number of hydrogen-bond donors (Lipinski definition) is 3. The van der Waals surface area contributed by atoms with E-state index in [-0.39, 0.29) is 10.5 Å². The van der Waals surface area contributed by atoms with Crippen LogP contribution in [0.3, 0.4) is 0 Å². The van der Waals surface area contributed by atoms with E-state index in [4.69, 9.17) is 11.5 Å². The van der Waals surface area contributed by atoms with Crippen molar-refractivity contribution in [2.24, 2.45) is 11.5 Å². The number of alkyl halides is 2. The van der Waals surface area contributed by atoms with Crippen molar-refractivity contribution in [2.45, 2.75) is 17.7 Å². The van der Waals surface area contributed by atoms with Crippen LogP contribution >= 0.6 is 0 Å². The third-order valence-electron chi connectivity index (χ3n) is 2.60. The van der Waals surface area contributed by atoms with Crippen molar-refractivity contribution in [2.75, 3.05) is 13.1 Å². The molecular weight excluding hydrogens is 292 g/mol. The molecule has 0 heterocycles. The number of amides is 1. The van der Waals surface area contributed by atoms with E-state index in [1.165, 1.54) is 12.1 Å². The van der Waals surface area contributed by atoms with E-state index in [1.54, 1.807) is 11.6 Å². The quantitative estimate of drug-likeness (QED) is 0.684. The lowest BCUT2D eigenvalue weighted by Gasteiger charge is -2.15. The number of benzene rings is 1. The second-order valence-corrected chi connectivity index (χ2v) is 5.99. The number of nitrogens with one attached hydrogen (secondary N) is 1. The fourth-order valence-electron chi connectivity index (χ4n) is 1.39. The van der Waals surface area contributed by atoms with Gasteiger partial charge in [-0.05, 0) is 24.6 Å². The SMILES string of the molecule is Cc1ccc(S(=O)(=O)NCC(F)(F)CN)cc1C(N)=O. The van der Waals surface area contributed by atoms with Crippen LogP contribution in [0.2, 0.25) is 0 Å². The van der Waals surface area contributed by atoms with Crippen LogP contribution in [0.4, 0.5) is 8.78 Å². The molecule has 0 aliphatic rings. The number of sulfonamides is 1. The van der Waals surface area contributed by atoms with Crippen LogP contribution in [-0.2, 0) is 10.0 Å². The Morgan fingerprint density at radius 1 is 1.40 bits per heavy atom. The molecule has 0 unspecified atom stereocenters. The Labute approximate surface area is 115 Å². The van der Waals surface area contributed by atoms with Crippen molar-refractivity contribution in [1.82, 2.24) is 4.72 Å². The molecule has 6 nitrogen and oxygen atoms in total. The first-order valence-corrected chi connectivity index (χ1v) is 7.05. The Hall–Kier alpha value is -1.58. The number of aryl methyl sites for hydroxylation is 1. The van der Waals surface area contributed by atoms with Crippen molar-refractivity contribution in [1.29, 1.82) is 0 Å². The summed E-state index contributed by atoms with van der Waals surface area (Å²) in [6.07, 6.45) is 0. The summed E-state index contributed by atoms with van der Waals surface area (Å²) in [5.41, 5.74) is 10.4. The van der Waals surface area contributed by atoms with Gasteiger partial charge in [0.05, 0.1) is 18.0 Å². The Kier molecular flexibility index (Phi) is 4.79. The number of primary amides is 1. The van der Waals surface area contributed by atoms with Gasteiger partial charge in [-0.15, -0.1) is 0 Å². The summed E-state index contributed by atoms with van der Waals surface area (Å²) in [7, 11) is -4.17. The predicted octanol–water partition coefficient (Wildman–Crippen LogP) is -0.0338. The van der Waals surface area contributed by atoms with E-state index in [2.05, 4.69) is 0 Å². The molecule has 1 amide bonds. The first-order chi connectivity index (χ1) is 9.09. The van der Waals surface area contributed by atoms with Gasteiger partial charge in [0.25, 0.3) is 5.92 Å². The minimum atomic E-state index is -4.17. The Bertz CT molecular complexity index is 617. The zero-order valence-corrected chi connectivity index (χ0v) is 11.5. The topological polar surface area (TPSA) is 115 Å². The molecule has 20 heavy (non-hydrogen) atoms. The summed E-state index contributed by atoms with van der Waals surface area (Å²) < 4.78 is 51.3. The highest BCUT2D eigenvalue weighted by atomic mass is 32.2. The minimum Gasteiger partial charge on any atom is -0.366 e. The largest absolute Gasteiger partial charge is 0.366 e. The number of rotatable bonds is 6. The van der Waals surface area contributed by atoms with Crippen molar-refractivity contribution in [3.05, 3.63) is 29.3 Å². The van der Waals surface area contributed by atoms with Crippen LogP contribution in [-0.4, -0.2) is 33.3 Å². The molecule has 0 radical (unpaired) electrons. The average Bonchev–Trinajstić information content (AvgIpc) is 2.36. The number of halogens is 2. The summed E-state index contributed by atoms with van der Waals surface area (Å²) in [5, 5.41) is 0. The molecule has 112 valence electrons. The Morgan fingerprint density at radius 2 is 2.00 bits per heavy atom. The summed E-state index contributed by atoms with van der Waals surface area (Å²) in [4.78, 5) is 10.8. The number of nitrogens with two attached hydrogens (primary N) is 2. The molecule has 0 bridgehead atoms. The molecular formula is C11H15F2N3O3S. The summed E-state index contributed by atoms with van der Waals surface area (Å²) in [6, 6.07) is 3.61. The normalized spacial score (nSPS) is 12.4. The van der Waals surface area contributed by atoms with Crippen LogP contribution in [0.25, 0.3) is 0 Å². The van der Waals surface area contributed by atoms with Gasteiger partial charge in [-0.1, -0.05) is 6.07 Å². The highest BCUT2D eigenvalue weighted by Gasteiger charge is 2.29. The van der Waals surface area contributed by atoms with Crippen molar-refractivity contribution < 1.29 is 22.0 Å².